The summed E-state index contributed by atoms with van der Waals surface area (Å²) < 4.78 is 13.5. The van der Waals surface area contributed by atoms with Gasteiger partial charge in [-0.15, -0.1) is 0 Å². The van der Waals surface area contributed by atoms with E-state index < -0.39 is 0 Å². The smallest absolute Gasteiger partial charge is 0.143 e. The lowest BCUT2D eigenvalue weighted by molar-refractivity contribution is 0.666. The molecule has 4 nitrogen and oxygen atoms in total. The molecule has 0 spiro atoms. The second-order valence-electron chi connectivity index (χ2n) is 13.7. The van der Waals surface area contributed by atoms with Crippen molar-refractivity contribution in [3.8, 4) is 33.5 Å². The van der Waals surface area contributed by atoms with E-state index in [1.165, 1.54) is 5.39 Å². The number of nitrogens with zero attached hydrogens (tertiary/aromatic N) is 2. The van der Waals surface area contributed by atoms with Crippen LogP contribution < -0.4 is 0 Å². The van der Waals surface area contributed by atoms with Crippen molar-refractivity contribution in [2.75, 3.05) is 0 Å². The fourth-order valence-electron chi connectivity index (χ4n) is 8.37. The van der Waals surface area contributed by atoms with Gasteiger partial charge in [0.2, 0.25) is 0 Å². The molecular formula is C48H30N2O2. The molecule has 0 aliphatic heterocycles. The lowest BCUT2D eigenvalue weighted by Gasteiger charge is -2.17. The number of fused-ring (bicyclic) bond motifs is 12. The van der Waals surface area contributed by atoms with E-state index in [0.717, 1.165) is 116 Å². The van der Waals surface area contributed by atoms with Crippen molar-refractivity contribution in [2.24, 2.45) is 0 Å². The van der Waals surface area contributed by atoms with Crippen LogP contribution in [-0.2, 0) is 0 Å². The van der Waals surface area contributed by atoms with Crippen LogP contribution in [0.15, 0.2) is 155 Å². The van der Waals surface area contributed by atoms with Gasteiger partial charge >= 0.3 is 0 Å². The van der Waals surface area contributed by atoms with Gasteiger partial charge in [-0.1, -0.05) is 140 Å². The van der Waals surface area contributed by atoms with Gasteiger partial charge in [0.05, 0.1) is 22.9 Å². The monoisotopic (exact) mass is 666 g/mol. The van der Waals surface area contributed by atoms with Crippen molar-refractivity contribution in [3.63, 3.8) is 0 Å². The Kier molecular flexibility index (Phi) is 6.06. The topological polar surface area (TPSA) is 52.1 Å². The van der Waals surface area contributed by atoms with E-state index in [0.29, 0.717) is 0 Å². The highest BCUT2D eigenvalue weighted by molar-refractivity contribution is 6.23. The maximum absolute atomic E-state index is 6.75. The summed E-state index contributed by atoms with van der Waals surface area (Å²) >= 11 is 0. The van der Waals surface area contributed by atoms with Gasteiger partial charge in [0.1, 0.15) is 22.3 Å². The molecule has 4 heteroatoms. The van der Waals surface area contributed by atoms with E-state index in [1.807, 2.05) is 6.20 Å². The second-order valence-corrected chi connectivity index (χ2v) is 13.7. The summed E-state index contributed by atoms with van der Waals surface area (Å²) in [7, 11) is 0. The molecule has 0 aliphatic carbocycles. The van der Waals surface area contributed by atoms with Gasteiger partial charge in [-0.3, -0.25) is 4.98 Å². The number of para-hydroxylation sites is 4. The molecule has 0 saturated heterocycles. The van der Waals surface area contributed by atoms with Crippen LogP contribution in [0.5, 0.6) is 0 Å². The number of aryl methyl sites for hydroxylation is 2. The molecule has 11 aromatic rings. The molecule has 3 aromatic heterocycles. The minimum atomic E-state index is 0.784. The number of aromatic nitrogens is 2. The fourth-order valence-corrected chi connectivity index (χ4v) is 8.37. The standard InChI is InChI=1S/C48H30N2O2/c1-27-12-7-20-37-39-24-10-22-35(47(39)51-45(27)37)31-18-9-19-32(36-23-11-25-40-38-21-8-13-28(2)46(38)52-48(36)40)42(31)41-26-49-43-33-16-5-3-14-29(33)30-15-4-6-17-34(30)44(43)50-41/h3-26H,1-2H3. The molecule has 0 N–H and O–H groups in total. The third-order valence-corrected chi connectivity index (χ3v) is 10.8. The fraction of sp³-hybridized carbons (Fsp3) is 0.0417. The zero-order chi connectivity index (χ0) is 34.5. The van der Waals surface area contributed by atoms with Crippen LogP contribution >= 0.6 is 0 Å². The Balaban J connectivity index is 1.28. The highest BCUT2D eigenvalue weighted by atomic mass is 16.3. The Morgan fingerprint density at radius 1 is 0.365 bits per heavy atom. The minimum Gasteiger partial charge on any atom is -0.455 e. The Bertz CT molecular complexity index is 3100. The highest BCUT2D eigenvalue weighted by Crippen LogP contribution is 2.47. The molecule has 0 amide bonds. The quantitative estimate of drug-likeness (QED) is 0.176. The Hall–Kier alpha value is -6.78. The minimum absolute atomic E-state index is 0.784. The summed E-state index contributed by atoms with van der Waals surface area (Å²) in [6, 6.07) is 49.0. The predicted molar refractivity (Wildman–Crippen MR) is 215 cm³/mol. The van der Waals surface area contributed by atoms with Crippen molar-refractivity contribution in [1.29, 1.82) is 0 Å². The average Bonchev–Trinajstić information content (AvgIpc) is 3.78. The first-order valence-corrected chi connectivity index (χ1v) is 17.7. The van der Waals surface area contributed by atoms with Gasteiger partial charge in [0, 0.05) is 49.0 Å². The van der Waals surface area contributed by atoms with E-state index in [4.69, 9.17) is 18.8 Å². The molecule has 0 unspecified atom stereocenters. The summed E-state index contributed by atoms with van der Waals surface area (Å²) in [6.07, 6.45) is 1.94. The maximum Gasteiger partial charge on any atom is 0.143 e. The number of hydrogen-bond donors (Lipinski definition) is 0. The van der Waals surface area contributed by atoms with E-state index in [2.05, 4.69) is 153 Å². The van der Waals surface area contributed by atoms with Gasteiger partial charge in [-0.05, 0) is 46.9 Å². The SMILES string of the molecule is Cc1cccc2c1oc1c(-c3cccc(-c4cccc5c4oc4c(C)cccc45)c3-c3cnc4c5ccccc5c5ccccc5c4n3)cccc12. The van der Waals surface area contributed by atoms with Crippen LogP contribution in [0.3, 0.4) is 0 Å². The van der Waals surface area contributed by atoms with Gasteiger partial charge in [-0.2, -0.15) is 0 Å². The Morgan fingerprint density at radius 3 is 1.31 bits per heavy atom. The van der Waals surface area contributed by atoms with Crippen LogP contribution in [-0.4, -0.2) is 9.97 Å². The first-order chi connectivity index (χ1) is 25.6. The van der Waals surface area contributed by atoms with Crippen molar-refractivity contribution in [2.45, 2.75) is 13.8 Å². The zero-order valence-electron chi connectivity index (χ0n) is 28.6. The lowest BCUT2D eigenvalue weighted by atomic mass is 9.88. The van der Waals surface area contributed by atoms with E-state index in [-0.39, 0.29) is 0 Å². The largest absolute Gasteiger partial charge is 0.455 e. The summed E-state index contributed by atoms with van der Waals surface area (Å²) in [5, 5.41) is 8.90. The number of benzene rings is 8. The van der Waals surface area contributed by atoms with Crippen LogP contribution in [0, 0.1) is 13.8 Å². The van der Waals surface area contributed by atoms with E-state index in [9.17, 15) is 0 Å². The Morgan fingerprint density at radius 2 is 0.769 bits per heavy atom. The first-order valence-electron chi connectivity index (χ1n) is 17.7. The molecule has 0 saturated carbocycles. The number of rotatable bonds is 3. The van der Waals surface area contributed by atoms with Crippen molar-refractivity contribution in [3.05, 3.63) is 157 Å². The van der Waals surface area contributed by atoms with Gasteiger partial charge in [0.15, 0.2) is 0 Å². The summed E-state index contributed by atoms with van der Waals surface area (Å²) in [5.74, 6) is 0. The number of furan rings is 2. The summed E-state index contributed by atoms with van der Waals surface area (Å²) in [5.41, 5.74) is 13.3. The molecule has 0 radical (unpaired) electrons. The van der Waals surface area contributed by atoms with Crippen LogP contribution in [0.4, 0.5) is 0 Å². The highest BCUT2D eigenvalue weighted by Gasteiger charge is 2.23. The average molecular weight is 667 g/mol. The molecule has 0 bridgehead atoms. The van der Waals surface area contributed by atoms with Crippen LogP contribution in [0.25, 0.3) is 110 Å². The van der Waals surface area contributed by atoms with Crippen molar-refractivity contribution >= 4 is 76.5 Å². The third kappa shape index (κ3) is 4.03. The van der Waals surface area contributed by atoms with E-state index >= 15 is 0 Å². The molecular weight excluding hydrogens is 637 g/mol. The molecule has 0 atom stereocenters. The zero-order valence-corrected chi connectivity index (χ0v) is 28.6. The van der Waals surface area contributed by atoms with E-state index in [1.54, 1.807) is 0 Å². The molecule has 8 aromatic carbocycles. The maximum atomic E-state index is 6.75. The number of hydrogen-bond acceptors (Lipinski definition) is 4. The van der Waals surface area contributed by atoms with Gasteiger partial charge in [0.25, 0.3) is 0 Å². The predicted octanol–water partition coefficient (Wildman–Crippen LogP) is 13.4. The third-order valence-electron chi connectivity index (χ3n) is 10.8. The molecule has 52 heavy (non-hydrogen) atoms. The van der Waals surface area contributed by atoms with Gasteiger partial charge in [-0.25, -0.2) is 4.98 Å². The second kappa shape index (κ2) is 10.9. The molecule has 244 valence electrons. The summed E-state index contributed by atoms with van der Waals surface area (Å²) in [6.45, 7) is 4.20. The van der Waals surface area contributed by atoms with Crippen LogP contribution in [0.2, 0.25) is 0 Å². The molecule has 0 fully saturated rings. The van der Waals surface area contributed by atoms with Crippen molar-refractivity contribution in [1.82, 2.24) is 9.97 Å². The van der Waals surface area contributed by atoms with Crippen LogP contribution in [0.1, 0.15) is 11.1 Å². The first kappa shape index (κ1) is 29.0. The molecule has 3 heterocycles. The van der Waals surface area contributed by atoms with Crippen molar-refractivity contribution < 1.29 is 8.83 Å². The molecule has 0 aliphatic rings. The molecule has 11 rings (SSSR count). The van der Waals surface area contributed by atoms with Gasteiger partial charge < -0.3 is 8.83 Å². The normalized spacial score (nSPS) is 12.0. The summed E-state index contributed by atoms with van der Waals surface area (Å²) in [4.78, 5) is 10.8. The Labute approximate surface area is 298 Å². The lowest BCUT2D eigenvalue weighted by Crippen LogP contribution is -1.96.